The van der Waals surface area contributed by atoms with Gasteiger partial charge < -0.3 is 23.8 Å². The van der Waals surface area contributed by atoms with E-state index in [1.807, 2.05) is 6.92 Å². The number of hydrogen-bond donors (Lipinski definition) is 0. The largest absolute Gasteiger partial charge is 0.493 e. The molecule has 0 radical (unpaired) electrons. The summed E-state index contributed by atoms with van der Waals surface area (Å²) in [5.41, 5.74) is -0.110. The zero-order chi connectivity index (χ0) is 22.5. The summed E-state index contributed by atoms with van der Waals surface area (Å²) in [5, 5.41) is 0. The normalized spacial score (nSPS) is 16.2. The Kier molecular flexibility index (Phi) is 7.70. The number of amides is 1. The smallest absolute Gasteiger partial charge is 0.329 e. The van der Waals surface area contributed by atoms with Gasteiger partial charge >= 0.3 is 5.97 Å². The molecule has 0 aliphatic carbocycles. The lowest BCUT2D eigenvalue weighted by Gasteiger charge is -2.27. The van der Waals surface area contributed by atoms with Gasteiger partial charge in [-0.1, -0.05) is 20.8 Å². The second-order valence-electron chi connectivity index (χ2n) is 7.86. The third kappa shape index (κ3) is 4.86. The van der Waals surface area contributed by atoms with Crippen LogP contribution in [0.15, 0.2) is 12.1 Å². The van der Waals surface area contributed by atoms with Crippen molar-refractivity contribution in [2.24, 2.45) is 5.41 Å². The number of esters is 1. The summed E-state index contributed by atoms with van der Waals surface area (Å²) in [6, 6.07) is 2.63. The van der Waals surface area contributed by atoms with Crippen LogP contribution in [0.3, 0.4) is 0 Å². The van der Waals surface area contributed by atoms with Crippen molar-refractivity contribution in [3.63, 3.8) is 0 Å². The summed E-state index contributed by atoms with van der Waals surface area (Å²) >= 11 is 0. The van der Waals surface area contributed by atoms with E-state index >= 15 is 0 Å². The van der Waals surface area contributed by atoms with E-state index in [0.717, 1.165) is 0 Å². The molecule has 1 heterocycles. The number of carbonyl (C=O) groups excluding carboxylic acids is 3. The minimum atomic E-state index is -0.760. The van der Waals surface area contributed by atoms with Crippen molar-refractivity contribution in [1.82, 2.24) is 4.90 Å². The van der Waals surface area contributed by atoms with Crippen LogP contribution in [-0.2, 0) is 25.7 Å². The maximum Gasteiger partial charge on any atom is 0.329 e. The molecule has 2 rings (SSSR count). The molecule has 1 aliphatic rings. The standard InChI is InChI=1S/C22H31NO7/c1-7-22(2,3)19(24)20(25)23-10-8-9-15(23)21(26)30-13-14-11-16(27-4)18(29-6)17(12-14)28-5/h11-12,15H,7-10,13H2,1-6H3/t15-/m0/s1. The summed E-state index contributed by atoms with van der Waals surface area (Å²) < 4.78 is 21.4. The van der Waals surface area contributed by atoms with Gasteiger partial charge in [-0.3, -0.25) is 9.59 Å². The highest BCUT2D eigenvalue weighted by molar-refractivity contribution is 6.38. The van der Waals surface area contributed by atoms with E-state index in [9.17, 15) is 14.4 Å². The van der Waals surface area contributed by atoms with Crippen LogP contribution in [0.2, 0.25) is 0 Å². The van der Waals surface area contributed by atoms with E-state index in [4.69, 9.17) is 18.9 Å². The van der Waals surface area contributed by atoms with Gasteiger partial charge in [0.05, 0.1) is 21.3 Å². The highest BCUT2D eigenvalue weighted by atomic mass is 16.5. The van der Waals surface area contributed by atoms with E-state index in [1.54, 1.807) is 26.0 Å². The van der Waals surface area contributed by atoms with Gasteiger partial charge in [0.1, 0.15) is 12.6 Å². The minimum Gasteiger partial charge on any atom is -0.493 e. The number of Topliss-reactive ketones (excluding diaryl/α,β-unsaturated/α-hetero) is 1. The van der Waals surface area contributed by atoms with Crippen molar-refractivity contribution in [2.75, 3.05) is 27.9 Å². The van der Waals surface area contributed by atoms with Crippen LogP contribution in [-0.4, -0.2) is 56.5 Å². The van der Waals surface area contributed by atoms with Crippen molar-refractivity contribution >= 4 is 17.7 Å². The van der Waals surface area contributed by atoms with Gasteiger partial charge in [0.15, 0.2) is 11.5 Å². The Morgan fingerprint density at radius 1 is 1.07 bits per heavy atom. The highest BCUT2D eigenvalue weighted by Gasteiger charge is 2.41. The van der Waals surface area contributed by atoms with Crippen LogP contribution in [0.4, 0.5) is 0 Å². The molecule has 8 heteroatoms. The highest BCUT2D eigenvalue weighted by Crippen LogP contribution is 2.38. The molecule has 1 aliphatic heterocycles. The van der Waals surface area contributed by atoms with Crippen molar-refractivity contribution in [1.29, 1.82) is 0 Å². The van der Waals surface area contributed by atoms with E-state index in [2.05, 4.69) is 0 Å². The molecule has 1 atom stereocenters. The van der Waals surface area contributed by atoms with Crippen LogP contribution in [0, 0.1) is 5.41 Å². The summed E-state index contributed by atoms with van der Waals surface area (Å²) in [6.45, 7) is 5.68. The molecular weight excluding hydrogens is 390 g/mol. The third-order valence-corrected chi connectivity index (χ3v) is 5.58. The van der Waals surface area contributed by atoms with Crippen LogP contribution in [0.5, 0.6) is 17.2 Å². The molecule has 1 aromatic rings. The third-order valence-electron chi connectivity index (χ3n) is 5.58. The number of ketones is 1. The van der Waals surface area contributed by atoms with Gasteiger partial charge in [0, 0.05) is 12.0 Å². The Morgan fingerprint density at radius 3 is 2.17 bits per heavy atom. The number of benzene rings is 1. The van der Waals surface area contributed by atoms with Gasteiger partial charge in [-0.25, -0.2) is 4.79 Å². The molecule has 0 spiro atoms. The van der Waals surface area contributed by atoms with Crippen LogP contribution >= 0.6 is 0 Å². The number of ether oxygens (including phenoxy) is 4. The van der Waals surface area contributed by atoms with Crippen molar-refractivity contribution in [2.45, 2.75) is 52.7 Å². The molecule has 1 fully saturated rings. The Morgan fingerprint density at radius 2 is 1.67 bits per heavy atom. The number of rotatable bonds is 9. The summed E-state index contributed by atoms with van der Waals surface area (Å²) in [7, 11) is 4.51. The van der Waals surface area contributed by atoms with Gasteiger partial charge in [0.25, 0.3) is 5.91 Å². The quantitative estimate of drug-likeness (QED) is 0.447. The van der Waals surface area contributed by atoms with E-state index in [0.29, 0.717) is 48.6 Å². The maximum absolute atomic E-state index is 12.7. The number of hydrogen-bond acceptors (Lipinski definition) is 7. The molecular formula is C22H31NO7. The lowest BCUT2D eigenvalue weighted by atomic mass is 9.84. The fraction of sp³-hybridized carbons (Fsp3) is 0.591. The molecule has 0 saturated carbocycles. The molecule has 1 amide bonds. The monoisotopic (exact) mass is 421 g/mol. The first kappa shape index (κ1) is 23.5. The van der Waals surface area contributed by atoms with Crippen molar-refractivity contribution in [3.8, 4) is 17.2 Å². The van der Waals surface area contributed by atoms with Crippen molar-refractivity contribution in [3.05, 3.63) is 17.7 Å². The second-order valence-corrected chi connectivity index (χ2v) is 7.86. The van der Waals surface area contributed by atoms with E-state index in [1.165, 1.54) is 26.2 Å². The Hall–Kier alpha value is -2.77. The van der Waals surface area contributed by atoms with Gasteiger partial charge in [-0.15, -0.1) is 0 Å². The molecule has 0 bridgehead atoms. The molecule has 166 valence electrons. The minimum absolute atomic E-state index is 0.0253. The number of carbonyl (C=O) groups is 3. The average Bonchev–Trinajstić information content (AvgIpc) is 3.25. The zero-order valence-electron chi connectivity index (χ0n) is 18.6. The SMILES string of the molecule is CCC(C)(C)C(=O)C(=O)N1CCC[C@H]1C(=O)OCc1cc(OC)c(OC)c(OC)c1. The maximum atomic E-state index is 12.7. The number of methoxy groups -OCH3 is 3. The lowest BCUT2D eigenvalue weighted by Crippen LogP contribution is -2.47. The number of nitrogens with zero attached hydrogens (tertiary/aromatic N) is 1. The Bertz CT molecular complexity index is 778. The van der Waals surface area contributed by atoms with Crippen LogP contribution in [0.1, 0.15) is 45.6 Å². The van der Waals surface area contributed by atoms with Crippen molar-refractivity contribution < 1.29 is 33.3 Å². The molecule has 8 nitrogen and oxygen atoms in total. The molecule has 0 aromatic heterocycles. The molecule has 0 unspecified atom stereocenters. The predicted octanol–water partition coefficient (Wildman–Crippen LogP) is 2.75. The zero-order valence-corrected chi connectivity index (χ0v) is 18.6. The summed E-state index contributed by atoms with van der Waals surface area (Å²) in [4.78, 5) is 39.3. The molecule has 1 saturated heterocycles. The summed E-state index contributed by atoms with van der Waals surface area (Å²) in [5.74, 6) is -0.277. The lowest BCUT2D eigenvalue weighted by molar-refractivity contribution is -0.158. The van der Waals surface area contributed by atoms with E-state index < -0.39 is 29.1 Å². The number of likely N-dealkylation sites (tertiary alicyclic amines) is 1. The second kappa shape index (κ2) is 9.82. The molecule has 1 aromatic carbocycles. The molecule has 0 N–H and O–H groups in total. The predicted molar refractivity (Wildman–Crippen MR) is 110 cm³/mol. The molecule has 30 heavy (non-hydrogen) atoms. The fourth-order valence-corrected chi connectivity index (χ4v) is 3.30. The topological polar surface area (TPSA) is 91.4 Å². The average molecular weight is 421 g/mol. The first-order chi connectivity index (χ1) is 14.2. The van der Waals surface area contributed by atoms with E-state index in [-0.39, 0.29) is 6.61 Å². The van der Waals surface area contributed by atoms with Gasteiger partial charge in [-0.2, -0.15) is 0 Å². The van der Waals surface area contributed by atoms with Gasteiger partial charge in [0.2, 0.25) is 11.5 Å². The first-order valence-corrected chi connectivity index (χ1v) is 10.0. The Labute approximate surface area is 177 Å². The first-order valence-electron chi connectivity index (χ1n) is 10.0. The van der Waals surface area contributed by atoms with Crippen LogP contribution < -0.4 is 14.2 Å². The fourth-order valence-electron chi connectivity index (χ4n) is 3.30. The van der Waals surface area contributed by atoms with Gasteiger partial charge in [-0.05, 0) is 37.0 Å². The Balaban J connectivity index is 2.11. The summed E-state index contributed by atoms with van der Waals surface area (Å²) in [6.07, 6.45) is 1.66. The van der Waals surface area contributed by atoms with Crippen LogP contribution in [0.25, 0.3) is 0 Å².